The summed E-state index contributed by atoms with van der Waals surface area (Å²) in [4.78, 5) is 10.7. The van der Waals surface area contributed by atoms with Gasteiger partial charge in [-0.3, -0.25) is 0 Å². The monoisotopic (exact) mass is 240 g/mol. The van der Waals surface area contributed by atoms with Crippen molar-refractivity contribution in [1.29, 1.82) is 0 Å². The van der Waals surface area contributed by atoms with E-state index >= 15 is 0 Å². The molecule has 0 saturated carbocycles. The van der Waals surface area contributed by atoms with E-state index in [2.05, 4.69) is 6.58 Å². The maximum Gasteiger partial charge on any atom is 0.249 e. The van der Waals surface area contributed by atoms with Crippen LogP contribution in [0, 0.1) is 0 Å². The van der Waals surface area contributed by atoms with E-state index in [4.69, 9.17) is 0 Å². The van der Waals surface area contributed by atoms with Crippen LogP contribution < -0.4 is 10.4 Å². The van der Waals surface area contributed by atoms with Crippen LogP contribution in [0.1, 0.15) is 5.56 Å². The third-order valence-corrected chi connectivity index (χ3v) is 5.96. The molecule has 2 aromatic rings. The molecular formula is C15H16OSi. The molecule has 1 N–H and O–H groups in total. The third-order valence-electron chi connectivity index (χ3n) is 3.04. The molecule has 0 amide bonds. The van der Waals surface area contributed by atoms with E-state index in [-0.39, 0.29) is 0 Å². The Labute approximate surface area is 103 Å². The van der Waals surface area contributed by atoms with Crippen LogP contribution in [0.25, 0.3) is 6.08 Å². The second-order valence-corrected chi connectivity index (χ2v) is 7.56. The van der Waals surface area contributed by atoms with Gasteiger partial charge in [-0.25, -0.2) is 0 Å². The van der Waals surface area contributed by atoms with Gasteiger partial charge in [0.2, 0.25) is 8.32 Å². The Morgan fingerprint density at radius 1 is 0.941 bits per heavy atom. The first-order valence-electron chi connectivity index (χ1n) is 5.65. The zero-order valence-corrected chi connectivity index (χ0v) is 10.9. The summed E-state index contributed by atoms with van der Waals surface area (Å²) < 4.78 is 0. The van der Waals surface area contributed by atoms with Crippen LogP contribution in [0.3, 0.4) is 0 Å². The largest absolute Gasteiger partial charge is 0.424 e. The Kier molecular flexibility index (Phi) is 3.27. The van der Waals surface area contributed by atoms with Gasteiger partial charge in [-0.2, -0.15) is 0 Å². The molecule has 1 nitrogen and oxygen atoms in total. The quantitative estimate of drug-likeness (QED) is 0.814. The standard InChI is InChI=1S/C15H16OSi/c1-3-13-9-11-15(12-10-13)17(2,16)14-7-5-4-6-8-14/h3-12,16H,1H2,2H3. The fraction of sp³-hybridized carbons (Fsp3) is 0.0667. The lowest BCUT2D eigenvalue weighted by Crippen LogP contribution is -2.55. The molecule has 0 spiro atoms. The zero-order valence-electron chi connectivity index (χ0n) is 9.93. The molecule has 0 aliphatic heterocycles. The molecule has 0 saturated heterocycles. The van der Waals surface area contributed by atoms with Gasteiger partial charge in [0, 0.05) is 0 Å². The Morgan fingerprint density at radius 3 is 2.00 bits per heavy atom. The van der Waals surface area contributed by atoms with Crippen molar-refractivity contribution >= 4 is 24.8 Å². The summed E-state index contributed by atoms with van der Waals surface area (Å²) in [5.74, 6) is 0. The van der Waals surface area contributed by atoms with Crippen molar-refractivity contribution in [2.24, 2.45) is 0 Å². The molecule has 0 aromatic heterocycles. The van der Waals surface area contributed by atoms with Crippen molar-refractivity contribution in [1.82, 2.24) is 0 Å². The molecule has 1 atom stereocenters. The molecule has 17 heavy (non-hydrogen) atoms. The normalized spacial score (nSPS) is 14.0. The predicted octanol–water partition coefficient (Wildman–Crippen LogP) is 2.01. The molecule has 2 heteroatoms. The lowest BCUT2D eigenvalue weighted by molar-refractivity contribution is 0.576. The third kappa shape index (κ3) is 2.38. The van der Waals surface area contributed by atoms with Crippen LogP contribution in [0.5, 0.6) is 0 Å². The van der Waals surface area contributed by atoms with Crippen molar-refractivity contribution in [3.05, 3.63) is 66.7 Å². The fourth-order valence-corrected chi connectivity index (χ4v) is 3.86. The maximum absolute atomic E-state index is 10.7. The number of hydrogen-bond donors (Lipinski definition) is 1. The molecule has 86 valence electrons. The van der Waals surface area contributed by atoms with Crippen LogP contribution in [-0.4, -0.2) is 13.1 Å². The van der Waals surface area contributed by atoms with Gasteiger partial charge in [-0.05, 0) is 22.5 Å². The average molecular weight is 240 g/mol. The van der Waals surface area contributed by atoms with E-state index in [1.165, 1.54) is 0 Å². The van der Waals surface area contributed by atoms with Crippen LogP contribution in [0.4, 0.5) is 0 Å². The summed E-state index contributed by atoms with van der Waals surface area (Å²) in [5, 5.41) is 2.06. The number of benzene rings is 2. The minimum atomic E-state index is -2.53. The lowest BCUT2D eigenvalue weighted by Gasteiger charge is -2.21. The van der Waals surface area contributed by atoms with Crippen molar-refractivity contribution in [2.45, 2.75) is 6.55 Å². The van der Waals surface area contributed by atoms with Gasteiger partial charge in [0.15, 0.2) is 0 Å². The SMILES string of the molecule is C=Cc1ccc([Si](C)(O)c2ccccc2)cc1. The summed E-state index contributed by atoms with van der Waals surface area (Å²) >= 11 is 0. The highest BCUT2D eigenvalue weighted by atomic mass is 28.4. The van der Waals surface area contributed by atoms with Gasteiger partial charge in [0.05, 0.1) is 0 Å². The number of hydrogen-bond acceptors (Lipinski definition) is 1. The van der Waals surface area contributed by atoms with Crippen molar-refractivity contribution in [3.8, 4) is 0 Å². The van der Waals surface area contributed by atoms with Gasteiger partial charge >= 0.3 is 0 Å². The van der Waals surface area contributed by atoms with E-state index in [1.54, 1.807) is 0 Å². The molecule has 0 aliphatic carbocycles. The molecule has 0 fully saturated rings. The second kappa shape index (κ2) is 4.70. The van der Waals surface area contributed by atoms with Crippen LogP contribution in [0.15, 0.2) is 61.2 Å². The van der Waals surface area contributed by atoms with Crippen LogP contribution >= 0.6 is 0 Å². The average Bonchev–Trinajstić information content (AvgIpc) is 2.40. The highest BCUT2D eigenvalue weighted by Gasteiger charge is 2.29. The van der Waals surface area contributed by atoms with Gasteiger partial charge < -0.3 is 4.80 Å². The predicted molar refractivity (Wildman–Crippen MR) is 76.1 cm³/mol. The molecule has 1 unspecified atom stereocenters. The van der Waals surface area contributed by atoms with E-state index in [0.29, 0.717) is 0 Å². The zero-order chi connectivity index (χ0) is 12.3. The van der Waals surface area contributed by atoms with Crippen molar-refractivity contribution < 1.29 is 4.80 Å². The summed E-state index contributed by atoms with van der Waals surface area (Å²) in [6, 6.07) is 17.9. The smallest absolute Gasteiger partial charge is 0.249 e. The first-order valence-corrected chi connectivity index (χ1v) is 8.10. The van der Waals surface area contributed by atoms with Gasteiger partial charge in [0.25, 0.3) is 0 Å². The Balaban J connectivity index is 2.40. The van der Waals surface area contributed by atoms with Gasteiger partial charge in [0.1, 0.15) is 0 Å². The summed E-state index contributed by atoms with van der Waals surface area (Å²) in [5.41, 5.74) is 1.08. The van der Waals surface area contributed by atoms with Crippen LogP contribution in [-0.2, 0) is 0 Å². The summed E-state index contributed by atoms with van der Waals surface area (Å²) in [6.07, 6.45) is 1.81. The van der Waals surface area contributed by atoms with Crippen molar-refractivity contribution in [3.63, 3.8) is 0 Å². The van der Waals surface area contributed by atoms with Crippen molar-refractivity contribution in [2.75, 3.05) is 0 Å². The molecule has 0 radical (unpaired) electrons. The lowest BCUT2D eigenvalue weighted by atomic mass is 10.2. The summed E-state index contributed by atoms with van der Waals surface area (Å²) in [6.45, 7) is 5.68. The minimum Gasteiger partial charge on any atom is -0.424 e. The van der Waals surface area contributed by atoms with E-state index in [1.807, 2.05) is 67.2 Å². The fourth-order valence-electron chi connectivity index (χ4n) is 1.87. The molecule has 0 aliphatic rings. The molecule has 0 bridgehead atoms. The Morgan fingerprint density at radius 2 is 1.47 bits per heavy atom. The Bertz CT molecular complexity index is 500. The first-order chi connectivity index (χ1) is 8.14. The van der Waals surface area contributed by atoms with E-state index in [0.717, 1.165) is 15.9 Å². The molecule has 2 aromatic carbocycles. The summed E-state index contributed by atoms with van der Waals surface area (Å²) in [7, 11) is -2.53. The van der Waals surface area contributed by atoms with Gasteiger partial charge in [-0.1, -0.05) is 67.3 Å². The number of rotatable bonds is 3. The van der Waals surface area contributed by atoms with E-state index in [9.17, 15) is 4.80 Å². The molecule has 2 rings (SSSR count). The van der Waals surface area contributed by atoms with Crippen LogP contribution in [0.2, 0.25) is 6.55 Å². The second-order valence-electron chi connectivity index (χ2n) is 4.26. The van der Waals surface area contributed by atoms with Gasteiger partial charge in [-0.15, -0.1) is 0 Å². The molecule has 0 heterocycles. The maximum atomic E-state index is 10.7. The van der Waals surface area contributed by atoms with E-state index < -0.39 is 8.32 Å². The highest BCUT2D eigenvalue weighted by molar-refractivity contribution is 6.95. The topological polar surface area (TPSA) is 20.2 Å². The molecular weight excluding hydrogens is 224 g/mol. The Hall–Kier alpha value is -1.64. The highest BCUT2D eigenvalue weighted by Crippen LogP contribution is 2.04. The minimum absolute atomic E-state index is 1.02. The first kappa shape index (κ1) is 11.8.